The van der Waals surface area contributed by atoms with Gasteiger partial charge in [-0.1, -0.05) is 103 Å². The Balaban J connectivity index is 0.000000201. The molecular weight excluding hydrogens is 980 g/mol. The second-order valence-corrected chi connectivity index (χ2v) is 22.0. The largest absolute Gasteiger partial charge is 0.399 e. The van der Waals surface area contributed by atoms with E-state index in [4.69, 9.17) is 9.68 Å². The Hall–Kier alpha value is -3.91. The van der Waals surface area contributed by atoms with Gasteiger partial charge in [-0.3, -0.25) is 19.5 Å². The van der Waals surface area contributed by atoms with E-state index in [1.807, 2.05) is 32.0 Å². The number of halogens is 2. The van der Waals surface area contributed by atoms with Crippen molar-refractivity contribution < 1.29 is 19.6 Å². The minimum Gasteiger partial charge on any atom is -0.399 e. The molecule has 12 heteroatoms. The lowest BCUT2D eigenvalue weighted by Gasteiger charge is -2.50. The van der Waals surface area contributed by atoms with E-state index in [9.17, 15) is 9.90 Å². The van der Waals surface area contributed by atoms with Crippen molar-refractivity contribution in [3.63, 3.8) is 0 Å². The van der Waals surface area contributed by atoms with E-state index in [-0.39, 0.29) is 17.0 Å². The Kier molecular flexibility index (Phi) is 17.8. The molecule has 1 unspecified atom stereocenters. The Morgan fingerprint density at radius 1 is 0.588 bits per heavy atom. The van der Waals surface area contributed by atoms with Gasteiger partial charge in [-0.25, -0.2) is 0 Å². The van der Waals surface area contributed by atoms with Crippen LogP contribution in [-0.4, -0.2) is 120 Å². The number of hydrogen-bond acceptors (Lipinski definition) is 9. The highest BCUT2D eigenvalue weighted by atomic mass is 79.9. The SMILES string of the molecule is CO/N=C(/c1ccc(Br)cc1)C1CCN(C2(C)CCN(C(=O)c3c(C)cccc3C)CC2)CC1.CO/N=C(\c1ccc(Br)cc1)C1CCN(C2(C)CCN(C(O)c3c(C)cccc3C)CC2)CC1. The summed E-state index contributed by atoms with van der Waals surface area (Å²) in [5.74, 6) is 0.991. The Morgan fingerprint density at radius 3 is 1.34 bits per heavy atom. The molecule has 0 bridgehead atoms. The molecule has 0 aliphatic carbocycles. The molecule has 0 aromatic heterocycles. The molecule has 10 nitrogen and oxygen atoms in total. The van der Waals surface area contributed by atoms with E-state index >= 15 is 0 Å². The van der Waals surface area contributed by atoms with Gasteiger partial charge in [0.1, 0.15) is 20.4 Å². The van der Waals surface area contributed by atoms with Crippen LogP contribution in [0.4, 0.5) is 0 Å². The number of oxime groups is 2. The lowest BCUT2D eigenvalue weighted by Crippen LogP contribution is -2.56. The van der Waals surface area contributed by atoms with Crippen LogP contribution in [0, 0.1) is 39.5 Å². The van der Waals surface area contributed by atoms with Crippen molar-refractivity contribution in [3.05, 3.63) is 138 Å². The summed E-state index contributed by atoms with van der Waals surface area (Å²) in [6.07, 6.45) is 7.97. The zero-order valence-electron chi connectivity index (χ0n) is 41.7. The summed E-state index contributed by atoms with van der Waals surface area (Å²) >= 11 is 7.04. The fourth-order valence-electron chi connectivity index (χ4n) is 11.4. The molecule has 0 radical (unpaired) electrons. The molecule has 4 aliphatic rings. The Morgan fingerprint density at radius 2 is 0.956 bits per heavy atom. The average Bonchev–Trinajstić information content (AvgIpc) is 3.34. The third kappa shape index (κ3) is 12.2. The van der Waals surface area contributed by atoms with Gasteiger partial charge in [0.25, 0.3) is 5.91 Å². The number of aliphatic hydroxyl groups is 1. The quantitative estimate of drug-likeness (QED) is 0.118. The molecule has 4 heterocycles. The number of likely N-dealkylation sites (tertiary alicyclic amines) is 4. The second-order valence-electron chi connectivity index (χ2n) is 20.1. The number of aryl methyl sites for hydroxylation is 4. The van der Waals surface area contributed by atoms with Gasteiger partial charge in [0.15, 0.2) is 0 Å². The van der Waals surface area contributed by atoms with Gasteiger partial charge in [-0.15, -0.1) is 0 Å². The second kappa shape index (κ2) is 23.3. The predicted molar refractivity (Wildman–Crippen MR) is 284 cm³/mol. The van der Waals surface area contributed by atoms with Crippen LogP contribution in [0.5, 0.6) is 0 Å². The number of aliphatic hydroxyl groups excluding tert-OH is 1. The van der Waals surface area contributed by atoms with Gasteiger partial charge in [-0.05, 0) is 177 Å². The highest BCUT2D eigenvalue weighted by molar-refractivity contribution is 9.10. The molecule has 4 fully saturated rings. The van der Waals surface area contributed by atoms with Crippen molar-refractivity contribution in [2.24, 2.45) is 22.1 Å². The maximum atomic E-state index is 13.2. The third-order valence-corrected chi connectivity index (χ3v) is 16.9. The van der Waals surface area contributed by atoms with E-state index in [1.54, 1.807) is 14.2 Å². The van der Waals surface area contributed by atoms with E-state index in [2.05, 4.69) is 156 Å². The van der Waals surface area contributed by atoms with Crippen molar-refractivity contribution in [2.75, 3.05) is 66.6 Å². The van der Waals surface area contributed by atoms with Gasteiger partial charge >= 0.3 is 0 Å². The van der Waals surface area contributed by atoms with Crippen LogP contribution in [0.2, 0.25) is 0 Å². The minimum absolute atomic E-state index is 0.138. The van der Waals surface area contributed by atoms with E-state index in [1.165, 1.54) is 11.1 Å². The summed E-state index contributed by atoms with van der Waals surface area (Å²) in [6.45, 7) is 20.8. The summed E-state index contributed by atoms with van der Waals surface area (Å²) in [5.41, 5.74) is 11.1. The molecule has 4 aromatic rings. The first-order valence-electron chi connectivity index (χ1n) is 24.7. The van der Waals surface area contributed by atoms with Crippen LogP contribution >= 0.6 is 31.9 Å². The number of carbonyl (C=O) groups excluding carboxylic acids is 1. The molecular formula is C56H74Br2N6O4. The molecule has 1 N–H and O–H groups in total. The van der Waals surface area contributed by atoms with Gasteiger partial charge < -0.3 is 19.7 Å². The molecule has 1 amide bonds. The topological polar surface area (TPSA) is 93.4 Å². The molecule has 1 atom stereocenters. The van der Waals surface area contributed by atoms with Crippen LogP contribution < -0.4 is 0 Å². The third-order valence-electron chi connectivity index (χ3n) is 15.8. The number of piperidine rings is 4. The number of rotatable bonds is 11. The Bertz CT molecular complexity index is 2320. The maximum Gasteiger partial charge on any atom is 0.254 e. The van der Waals surface area contributed by atoms with Crippen LogP contribution in [-0.2, 0) is 9.68 Å². The summed E-state index contributed by atoms with van der Waals surface area (Å²) in [7, 11) is 3.26. The van der Waals surface area contributed by atoms with E-state index in [0.717, 1.165) is 157 Å². The number of benzene rings is 4. The summed E-state index contributed by atoms with van der Waals surface area (Å²) < 4.78 is 2.14. The van der Waals surface area contributed by atoms with E-state index in [0.29, 0.717) is 11.8 Å². The summed E-state index contributed by atoms with van der Waals surface area (Å²) in [4.78, 5) is 33.3. The van der Waals surface area contributed by atoms with Crippen LogP contribution in [0.25, 0.3) is 0 Å². The molecule has 4 aromatic carbocycles. The number of carbonyl (C=O) groups is 1. The fraction of sp³-hybridized carbons (Fsp3) is 0.518. The van der Waals surface area contributed by atoms with E-state index < -0.39 is 6.23 Å². The molecule has 8 rings (SSSR count). The highest BCUT2D eigenvalue weighted by Crippen LogP contribution is 2.38. The standard InChI is InChI=1S/C28H38BrN3O2.C28H36BrN3O2/c2*1-20-6-5-7-21(2)25(20)27(33)31-18-14-28(3,15-19-31)32-16-12-23(13-17-32)26(30-34-4)22-8-10-24(29)11-9-22/h5-11,23,27,33H,12-19H2,1-4H3;5-11,23H,12-19H2,1-4H3/b30-26+;30-26-. The van der Waals surface area contributed by atoms with Crippen molar-refractivity contribution >= 4 is 49.2 Å². The highest BCUT2D eigenvalue weighted by Gasteiger charge is 2.41. The van der Waals surface area contributed by atoms with Crippen molar-refractivity contribution in [1.29, 1.82) is 0 Å². The van der Waals surface area contributed by atoms with Gasteiger partial charge in [-0.2, -0.15) is 0 Å². The number of nitrogens with zero attached hydrogens (tertiary/aromatic N) is 6. The first-order valence-corrected chi connectivity index (χ1v) is 26.3. The lowest BCUT2D eigenvalue weighted by molar-refractivity contribution is -0.0541. The van der Waals surface area contributed by atoms with Crippen LogP contribution in [0.15, 0.2) is 104 Å². The number of amides is 1. The molecule has 4 saturated heterocycles. The molecule has 68 heavy (non-hydrogen) atoms. The average molecular weight is 1060 g/mol. The first-order chi connectivity index (χ1) is 32.6. The normalized spacial score (nSPS) is 20.6. The monoisotopic (exact) mass is 1050 g/mol. The molecule has 0 spiro atoms. The fourth-order valence-corrected chi connectivity index (χ4v) is 11.9. The Labute approximate surface area is 423 Å². The summed E-state index contributed by atoms with van der Waals surface area (Å²) in [6, 6.07) is 29.1. The predicted octanol–water partition coefficient (Wildman–Crippen LogP) is 11.5. The van der Waals surface area contributed by atoms with Crippen LogP contribution in [0.1, 0.15) is 121 Å². The lowest BCUT2D eigenvalue weighted by atomic mass is 9.82. The van der Waals surface area contributed by atoms with Gasteiger partial charge in [0.05, 0.1) is 11.4 Å². The molecule has 0 saturated carbocycles. The van der Waals surface area contributed by atoms with Gasteiger partial charge in [0, 0.05) is 69.2 Å². The first kappa shape index (κ1) is 51.9. The molecule has 4 aliphatic heterocycles. The van der Waals surface area contributed by atoms with Gasteiger partial charge in [0.2, 0.25) is 0 Å². The van der Waals surface area contributed by atoms with Crippen molar-refractivity contribution in [1.82, 2.24) is 19.6 Å². The smallest absolute Gasteiger partial charge is 0.254 e. The van der Waals surface area contributed by atoms with Crippen molar-refractivity contribution in [2.45, 2.75) is 110 Å². The minimum atomic E-state index is -0.518. The maximum absolute atomic E-state index is 13.2. The summed E-state index contributed by atoms with van der Waals surface area (Å²) in [5, 5.41) is 20.0. The van der Waals surface area contributed by atoms with Crippen LogP contribution in [0.3, 0.4) is 0 Å². The zero-order valence-corrected chi connectivity index (χ0v) is 44.9. The zero-order chi connectivity index (χ0) is 48.6. The molecule has 366 valence electrons. The van der Waals surface area contributed by atoms with Crippen molar-refractivity contribution in [3.8, 4) is 0 Å². The number of hydrogen-bond donors (Lipinski definition) is 1.